The number of guanidine groups is 1. The molecule has 0 aliphatic rings. The summed E-state index contributed by atoms with van der Waals surface area (Å²) in [6.45, 7) is 7.97. The zero-order chi connectivity index (χ0) is 17.4. The zero-order valence-electron chi connectivity index (χ0n) is 15.7. The van der Waals surface area contributed by atoms with Gasteiger partial charge in [-0.15, -0.1) is 24.0 Å². The molecule has 6 heteroatoms. The third kappa shape index (κ3) is 6.34. The van der Waals surface area contributed by atoms with Gasteiger partial charge in [0.1, 0.15) is 0 Å². The van der Waals surface area contributed by atoms with E-state index >= 15 is 0 Å². The van der Waals surface area contributed by atoms with Crippen LogP contribution in [0.15, 0.2) is 35.3 Å². The highest BCUT2D eigenvalue weighted by Gasteiger charge is 2.09. The summed E-state index contributed by atoms with van der Waals surface area (Å²) < 4.78 is 2.00. The molecular weight excluding hydrogens is 425 g/mol. The molecule has 0 amide bonds. The minimum atomic E-state index is 0. The maximum Gasteiger partial charge on any atom is 0.191 e. The second-order valence-electron chi connectivity index (χ2n) is 6.03. The van der Waals surface area contributed by atoms with E-state index in [-0.39, 0.29) is 24.0 Å². The molecule has 0 saturated carbocycles. The van der Waals surface area contributed by atoms with Gasteiger partial charge in [-0.1, -0.05) is 38.0 Å². The second-order valence-corrected chi connectivity index (χ2v) is 6.03. The molecule has 1 heterocycles. The van der Waals surface area contributed by atoms with Crippen molar-refractivity contribution in [1.82, 2.24) is 20.4 Å². The fourth-order valence-electron chi connectivity index (χ4n) is 2.72. The fraction of sp³-hybridized carbons (Fsp3) is 0.474. The number of nitrogens with one attached hydrogen (secondary N) is 2. The average Bonchev–Trinajstić information content (AvgIpc) is 2.93. The molecule has 0 saturated heterocycles. The summed E-state index contributed by atoms with van der Waals surface area (Å²) >= 11 is 0. The van der Waals surface area contributed by atoms with Crippen molar-refractivity contribution >= 4 is 29.9 Å². The Hall–Kier alpha value is -1.57. The first-order valence-corrected chi connectivity index (χ1v) is 8.71. The number of rotatable bonds is 7. The lowest BCUT2D eigenvalue weighted by atomic mass is 10.1. The van der Waals surface area contributed by atoms with Crippen molar-refractivity contribution in [3.05, 3.63) is 47.3 Å². The molecule has 2 N–H and O–H groups in total. The predicted octanol–water partition coefficient (Wildman–Crippen LogP) is 3.96. The SMILES string of the molecule is CCCCCNC(=NC)NCc1ccccc1-n1nc(C)cc1C.I. The van der Waals surface area contributed by atoms with E-state index in [9.17, 15) is 0 Å². The van der Waals surface area contributed by atoms with Crippen LogP contribution in [0.3, 0.4) is 0 Å². The van der Waals surface area contributed by atoms with Gasteiger partial charge in [-0.05, 0) is 38.0 Å². The van der Waals surface area contributed by atoms with Crippen LogP contribution in [0.5, 0.6) is 0 Å². The normalized spacial score (nSPS) is 11.1. The summed E-state index contributed by atoms with van der Waals surface area (Å²) in [5.74, 6) is 0.842. The molecule has 0 aliphatic carbocycles. The number of hydrogen-bond acceptors (Lipinski definition) is 2. The Balaban J connectivity index is 0.00000312. The van der Waals surface area contributed by atoms with Crippen LogP contribution < -0.4 is 10.6 Å². The van der Waals surface area contributed by atoms with Crippen molar-refractivity contribution in [3.63, 3.8) is 0 Å². The summed E-state index contributed by atoms with van der Waals surface area (Å²) in [6, 6.07) is 10.4. The van der Waals surface area contributed by atoms with Crippen LogP contribution in [0.1, 0.15) is 43.1 Å². The number of para-hydroxylation sites is 1. The molecule has 0 fully saturated rings. The van der Waals surface area contributed by atoms with Crippen molar-refractivity contribution in [2.75, 3.05) is 13.6 Å². The van der Waals surface area contributed by atoms with Crippen molar-refractivity contribution in [2.45, 2.75) is 46.6 Å². The van der Waals surface area contributed by atoms with E-state index in [1.54, 1.807) is 0 Å². The standard InChI is InChI=1S/C19H29N5.HI/c1-5-6-9-12-21-19(20-4)22-14-17-10-7-8-11-18(17)24-16(3)13-15(2)23-24;/h7-8,10-11,13H,5-6,9,12,14H2,1-4H3,(H2,20,21,22);1H. The molecule has 1 aromatic heterocycles. The van der Waals surface area contributed by atoms with Crippen molar-refractivity contribution < 1.29 is 0 Å². The van der Waals surface area contributed by atoms with Crippen LogP contribution in [0.25, 0.3) is 5.69 Å². The average molecular weight is 455 g/mol. The monoisotopic (exact) mass is 455 g/mol. The van der Waals surface area contributed by atoms with Gasteiger partial charge in [0.15, 0.2) is 5.96 Å². The third-order valence-corrected chi connectivity index (χ3v) is 3.97. The Bertz CT molecular complexity index is 678. The largest absolute Gasteiger partial charge is 0.356 e. The first-order valence-electron chi connectivity index (χ1n) is 8.71. The number of unbranched alkanes of at least 4 members (excludes halogenated alkanes) is 2. The van der Waals surface area contributed by atoms with E-state index in [1.807, 2.05) is 24.7 Å². The Morgan fingerprint density at radius 1 is 1.16 bits per heavy atom. The van der Waals surface area contributed by atoms with Gasteiger partial charge >= 0.3 is 0 Å². The van der Waals surface area contributed by atoms with Crippen LogP contribution in [0.2, 0.25) is 0 Å². The van der Waals surface area contributed by atoms with E-state index < -0.39 is 0 Å². The van der Waals surface area contributed by atoms with Crippen molar-refractivity contribution in [3.8, 4) is 5.69 Å². The van der Waals surface area contributed by atoms with Crippen molar-refractivity contribution in [1.29, 1.82) is 0 Å². The van der Waals surface area contributed by atoms with Crippen LogP contribution >= 0.6 is 24.0 Å². The van der Waals surface area contributed by atoms with Gasteiger partial charge in [0, 0.05) is 25.8 Å². The maximum atomic E-state index is 4.60. The molecule has 2 rings (SSSR count). The molecule has 25 heavy (non-hydrogen) atoms. The Labute approximate surface area is 168 Å². The molecule has 1 aromatic carbocycles. The van der Waals surface area contributed by atoms with Crippen molar-refractivity contribution in [2.24, 2.45) is 4.99 Å². The van der Waals surface area contributed by atoms with Crippen LogP contribution in [-0.2, 0) is 6.54 Å². The molecule has 0 aliphatic heterocycles. The van der Waals surface area contributed by atoms with E-state index in [4.69, 9.17) is 0 Å². The first kappa shape index (κ1) is 21.5. The lowest BCUT2D eigenvalue weighted by Crippen LogP contribution is -2.37. The smallest absolute Gasteiger partial charge is 0.191 e. The number of hydrogen-bond donors (Lipinski definition) is 2. The topological polar surface area (TPSA) is 54.2 Å². The highest BCUT2D eigenvalue weighted by molar-refractivity contribution is 14.0. The number of aromatic nitrogens is 2. The maximum absolute atomic E-state index is 4.60. The molecule has 0 spiro atoms. The van der Waals surface area contributed by atoms with Crippen LogP contribution in [-0.4, -0.2) is 29.3 Å². The molecule has 5 nitrogen and oxygen atoms in total. The van der Waals surface area contributed by atoms with Gasteiger partial charge in [-0.25, -0.2) is 4.68 Å². The molecule has 138 valence electrons. The summed E-state index contributed by atoms with van der Waals surface area (Å²) in [5.41, 5.74) is 4.47. The molecule has 0 atom stereocenters. The molecule has 0 radical (unpaired) electrons. The van der Waals surface area contributed by atoms with Crippen LogP contribution in [0.4, 0.5) is 0 Å². The van der Waals surface area contributed by atoms with E-state index in [1.165, 1.54) is 24.8 Å². The summed E-state index contributed by atoms with van der Waals surface area (Å²) in [5, 5.41) is 11.4. The molecule has 2 aromatic rings. The number of nitrogens with zero attached hydrogens (tertiary/aromatic N) is 3. The Morgan fingerprint density at radius 3 is 2.56 bits per heavy atom. The summed E-state index contributed by atoms with van der Waals surface area (Å²) in [4.78, 5) is 4.30. The van der Waals surface area contributed by atoms with Gasteiger partial charge in [0.25, 0.3) is 0 Å². The quantitative estimate of drug-likeness (QED) is 0.288. The van der Waals surface area contributed by atoms with Gasteiger partial charge < -0.3 is 10.6 Å². The van der Waals surface area contributed by atoms with E-state index in [2.05, 4.69) is 58.8 Å². The van der Waals surface area contributed by atoms with E-state index in [0.29, 0.717) is 6.54 Å². The fourth-order valence-corrected chi connectivity index (χ4v) is 2.72. The highest BCUT2D eigenvalue weighted by Crippen LogP contribution is 2.16. The lowest BCUT2D eigenvalue weighted by molar-refractivity contribution is 0.682. The third-order valence-electron chi connectivity index (χ3n) is 3.97. The molecular formula is C19H30IN5. The first-order chi connectivity index (χ1) is 11.7. The minimum Gasteiger partial charge on any atom is -0.356 e. The van der Waals surface area contributed by atoms with Gasteiger partial charge in [0.05, 0.1) is 11.4 Å². The van der Waals surface area contributed by atoms with Gasteiger partial charge in [-0.2, -0.15) is 5.10 Å². The number of aliphatic imine (C=N–C) groups is 1. The number of benzene rings is 1. The van der Waals surface area contributed by atoms with E-state index in [0.717, 1.165) is 29.6 Å². The minimum absolute atomic E-state index is 0. The van der Waals surface area contributed by atoms with Crippen LogP contribution in [0, 0.1) is 13.8 Å². The van der Waals surface area contributed by atoms with Gasteiger partial charge in [0.2, 0.25) is 0 Å². The predicted molar refractivity (Wildman–Crippen MR) is 116 cm³/mol. The second kappa shape index (κ2) is 11.1. The number of aryl methyl sites for hydroxylation is 2. The summed E-state index contributed by atoms with van der Waals surface area (Å²) in [6.07, 6.45) is 3.63. The van der Waals surface area contributed by atoms with Gasteiger partial charge in [-0.3, -0.25) is 4.99 Å². The summed E-state index contributed by atoms with van der Waals surface area (Å²) in [7, 11) is 1.81. The molecule has 0 unspecified atom stereocenters. The highest BCUT2D eigenvalue weighted by atomic mass is 127. The number of halogens is 1. The Morgan fingerprint density at radius 2 is 1.92 bits per heavy atom. The molecule has 0 bridgehead atoms. The zero-order valence-corrected chi connectivity index (χ0v) is 18.0. The Kier molecular flexibility index (Phi) is 9.55. The lowest BCUT2D eigenvalue weighted by Gasteiger charge is -2.15.